The molecule has 0 saturated heterocycles. The summed E-state index contributed by atoms with van der Waals surface area (Å²) in [5, 5.41) is 3.39. The van der Waals surface area contributed by atoms with Crippen LogP contribution in [0.15, 0.2) is 54.9 Å². The van der Waals surface area contributed by atoms with Gasteiger partial charge in [0.2, 0.25) is 0 Å². The van der Waals surface area contributed by atoms with Gasteiger partial charge in [0.1, 0.15) is 5.75 Å². The van der Waals surface area contributed by atoms with Gasteiger partial charge >= 0.3 is 0 Å². The van der Waals surface area contributed by atoms with Gasteiger partial charge in [0.25, 0.3) is 0 Å². The molecule has 0 saturated carbocycles. The minimum absolute atomic E-state index is 0.657. The summed E-state index contributed by atoms with van der Waals surface area (Å²) in [7, 11) is 0. The number of aromatic nitrogens is 2. The number of benzene rings is 2. The Balaban J connectivity index is 1.80. The molecular formula is C16H17N3O. The van der Waals surface area contributed by atoms with Gasteiger partial charge in [-0.25, -0.2) is 4.98 Å². The highest BCUT2D eigenvalue weighted by molar-refractivity contribution is 5.75. The predicted octanol–water partition coefficient (Wildman–Crippen LogP) is 3.50. The fraction of sp³-hybridized carbons (Fsp3) is 0.188. The summed E-state index contributed by atoms with van der Waals surface area (Å²) in [6, 6.07) is 16.1. The predicted molar refractivity (Wildman–Crippen MR) is 81.0 cm³/mol. The summed E-state index contributed by atoms with van der Waals surface area (Å²) in [6.07, 6.45) is 1.85. The van der Waals surface area contributed by atoms with E-state index in [1.54, 1.807) is 0 Å². The van der Waals surface area contributed by atoms with Crippen LogP contribution in [-0.4, -0.2) is 16.2 Å². The third-order valence-corrected chi connectivity index (χ3v) is 3.15. The smallest absolute Gasteiger partial charge is 0.142 e. The molecule has 1 N–H and O–H groups in total. The Kier molecular flexibility index (Phi) is 3.54. The molecule has 2 aromatic carbocycles. The van der Waals surface area contributed by atoms with Crippen LogP contribution in [0, 0.1) is 0 Å². The number of hydrogen-bond acceptors (Lipinski definition) is 3. The van der Waals surface area contributed by atoms with E-state index in [1.165, 1.54) is 0 Å². The summed E-state index contributed by atoms with van der Waals surface area (Å²) in [5.74, 6) is 0.874. The standard InChI is InChI=1S/C16H17N3O/c1-2-20-16-10-6-4-8-14(16)18-12-19-11-17-13-7-3-5-9-15(13)19/h3-11,18H,2,12H2,1H3. The Morgan fingerprint density at radius 1 is 1.10 bits per heavy atom. The number of ether oxygens (including phenoxy) is 1. The molecule has 1 heterocycles. The summed E-state index contributed by atoms with van der Waals surface area (Å²) in [6.45, 7) is 3.30. The molecule has 1 aromatic heterocycles. The first-order chi connectivity index (χ1) is 9.88. The van der Waals surface area contributed by atoms with Gasteiger partial charge in [0.05, 0.1) is 36.3 Å². The Hall–Kier alpha value is -2.49. The van der Waals surface area contributed by atoms with E-state index in [0.29, 0.717) is 13.3 Å². The second-order valence-electron chi connectivity index (χ2n) is 4.47. The van der Waals surface area contributed by atoms with Crippen molar-refractivity contribution >= 4 is 16.7 Å². The highest BCUT2D eigenvalue weighted by Gasteiger charge is 2.04. The Morgan fingerprint density at radius 3 is 2.80 bits per heavy atom. The lowest BCUT2D eigenvalue weighted by Gasteiger charge is -2.13. The average molecular weight is 267 g/mol. The SMILES string of the molecule is CCOc1ccccc1NCn1cnc2ccccc21. The summed E-state index contributed by atoms with van der Waals surface area (Å²) < 4.78 is 7.69. The average Bonchev–Trinajstić information content (AvgIpc) is 2.90. The van der Waals surface area contributed by atoms with Crippen molar-refractivity contribution in [2.24, 2.45) is 0 Å². The number of fused-ring (bicyclic) bond motifs is 1. The third kappa shape index (κ3) is 2.45. The van der Waals surface area contributed by atoms with Crippen LogP contribution in [-0.2, 0) is 6.67 Å². The van der Waals surface area contributed by atoms with Crippen LogP contribution in [0.4, 0.5) is 5.69 Å². The molecule has 0 spiro atoms. The Morgan fingerprint density at radius 2 is 1.90 bits per heavy atom. The van der Waals surface area contributed by atoms with Gasteiger partial charge in [-0.3, -0.25) is 0 Å². The van der Waals surface area contributed by atoms with Crippen molar-refractivity contribution in [2.45, 2.75) is 13.6 Å². The Labute approximate surface area is 118 Å². The minimum atomic E-state index is 0.657. The molecule has 20 heavy (non-hydrogen) atoms. The van der Waals surface area contributed by atoms with E-state index in [-0.39, 0.29) is 0 Å². The topological polar surface area (TPSA) is 39.1 Å². The maximum atomic E-state index is 5.61. The third-order valence-electron chi connectivity index (χ3n) is 3.15. The van der Waals surface area contributed by atoms with Gasteiger partial charge in [-0.15, -0.1) is 0 Å². The molecule has 0 radical (unpaired) electrons. The molecule has 4 nitrogen and oxygen atoms in total. The van der Waals surface area contributed by atoms with E-state index in [2.05, 4.69) is 20.9 Å². The molecule has 0 aliphatic rings. The summed E-state index contributed by atoms with van der Waals surface area (Å²) in [4.78, 5) is 4.38. The van der Waals surface area contributed by atoms with Gasteiger partial charge in [0, 0.05) is 0 Å². The number of para-hydroxylation sites is 4. The van der Waals surface area contributed by atoms with E-state index in [4.69, 9.17) is 4.74 Å². The number of rotatable bonds is 5. The van der Waals surface area contributed by atoms with E-state index in [9.17, 15) is 0 Å². The fourth-order valence-corrected chi connectivity index (χ4v) is 2.20. The molecule has 3 rings (SSSR count). The minimum Gasteiger partial charge on any atom is -0.492 e. The number of hydrogen-bond donors (Lipinski definition) is 1. The maximum Gasteiger partial charge on any atom is 0.142 e. The van der Waals surface area contributed by atoms with Gasteiger partial charge in [-0.1, -0.05) is 24.3 Å². The quantitative estimate of drug-likeness (QED) is 0.769. The lowest BCUT2D eigenvalue weighted by Crippen LogP contribution is -2.08. The summed E-state index contributed by atoms with van der Waals surface area (Å²) in [5.41, 5.74) is 3.12. The van der Waals surface area contributed by atoms with Gasteiger partial charge in [-0.05, 0) is 31.2 Å². The largest absolute Gasteiger partial charge is 0.492 e. The normalized spacial score (nSPS) is 10.7. The zero-order valence-corrected chi connectivity index (χ0v) is 11.4. The monoisotopic (exact) mass is 267 g/mol. The van der Waals surface area contributed by atoms with Crippen LogP contribution >= 0.6 is 0 Å². The van der Waals surface area contributed by atoms with Crippen LogP contribution in [0.2, 0.25) is 0 Å². The van der Waals surface area contributed by atoms with Crippen molar-refractivity contribution < 1.29 is 4.74 Å². The molecule has 0 aliphatic heterocycles. The number of imidazole rings is 1. The lowest BCUT2D eigenvalue weighted by molar-refractivity contribution is 0.341. The molecular weight excluding hydrogens is 250 g/mol. The van der Waals surface area contributed by atoms with Crippen molar-refractivity contribution in [3.63, 3.8) is 0 Å². The molecule has 0 amide bonds. The van der Waals surface area contributed by atoms with Gasteiger partial charge < -0.3 is 14.6 Å². The van der Waals surface area contributed by atoms with Crippen molar-refractivity contribution in [3.05, 3.63) is 54.9 Å². The first-order valence-corrected chi connectivity index (χ1v) is 6.74. The fourth-order valence-electron chi connectivity index (χ4n) is 2.20. The molecule has 4 heteroatoms. The first kappa shape index (κ1) is 12.5. The number of nitrogens with zero attached hydrogens (tertiary/aromatic N) is 2. The van der Waals surface area contributed by atoms with Crippen LogP contribution < -0.4 is 10.1 Å². The molecule has 0 bridgehead atoms. The molecule has 0 unspecified atom stereocenters. The molecule has 0 atom stereocenters. The van der Waals surface area contributed by atoms with Crippen molar-refractivity contribution in [2.75, 3.05) is 11.9 Å². The van der Waals surface area contributed by atoms with E-state index >= 15 is 0 Å². The molecule has 102 valence electrons. The lowest BCUT2D eigenvalue weighted by atomic mass is 10.3. The first-order valence-electron chi connectivity index (χ1n) is 6.74. The van der Waals surface area contributed by atoms with E-state index in [0.717, 1.165) is 22.5 Å². The van der Waals surface area contributed by atoms with E-state index in [1.807, 2.05) is 55.7 Å². The summed E-state index contributed by atoms with van der Waals surface area (Å²) >= 11 is 0. The van der Waals surface area contributed by atoms with Crippen molar-refractivity contribution in [3.8, 4) is 5.75 Å². The highest BCUT2D eigenvalue weighted by Crippen LogP contribution is 2.24. The zero-order chi connectivity index (χ0) is 13.8. The number of anilines is 1. The van der Waals surface area contributed by atoms with Crippen LogP contribution in [0.5, 0.6) is 5.75 Å². The number of nitrogens with one attached hydrogen (secondary N) is 1. The van der Waals surface area contributed by atoms with Crippen LogP contribution in [0.1, 0.15) is 6.92 Å². The van der Waals surface area contributed by atoms with Crippen molar-refractivity contribution in [1.82, 2.24) is 9.55 Å². The molecule has 0 fully saturated rings. The van der Waals surface area contributed by atoms with Gasteiger partial charge in [-0.2, -0.15) is 0 Å². The molecule has 0 aliphatic carbocycles. The molecule has 3 aromatic rings. The second-order valence-corrected chi connectivity index (χ2v) is 4.47. The maximum absolute atomic E-state index is 5.61. The van der Waals surface area contributed by atoms with Crippen LogP contribution in [0.25, 0.3) is 11.0 Å². The highest BCUT2D eigenvalue weighted by atomic mass is 16.5. The Bertz CT molecular complexity index is 706. The second kappa shape index (κ2) is 5.65. The van der Waals surface area contributed by atoms with Gasteiger partial charge in [0.15, 0.2) is 0 Å². The van der Waals surface area contributed by atoms with E-state index < -0.39 is 0 Å². The van der Waals surface area contributed by atoms with Crippen molar-refractivity contribution in [1.29, 1.82) is 0 Å². The zero-order valence-electron chi connectivity index (χ0n) is 11.4. The van der Waals surface area contributed by atoms with Crippen LogP contribution in [0.3, 0.4) is 0 Å².